The molecule has 0 bridgehead atoms. The summed E-state index contributed by atoms with van der Waals surface area (Å²) in [7, 11) is 0. The Morgan fingerprint density at radius 1 is 1.79 bits per heavy atom. The van der Waals surface area contributed by atoms with Gasteiger partial charge in [-0.2, -0.15) is 0 Å². The van der Waals surface area contributed by atoms with Crippen molar-refractivity contribution in [3.05, 3.63) is 0 Å². The molecule has 1 saturated heterocycles. The highest BCUT2D eigenvalue weighted by Gasteiger charge is 2.18. The van der Waals surface area contributed by atoms with Gasteiger partial charge in [-0.25, -0.2) is 4.79 Å². The van der Waals surface area contributed by atoms with Gasteiger partial charge in [0.05, 0.1) is 12.7 Å². The van der Waals surface area contributed by atoms with Crippen LogP contribution in [0, 0.1) is 0 Å². The lowest BCUT2D eigenvalue weighted by Gasteiger charge is -2.32. The molecule has 5 heteroatoms. The Bertz CT molecular complexity index is 198. The van der Waals surface area contributed by atoms with Crippen LogP contribution in [0.3, 0.4) is 0 Å². The zero-order valence-corrected chi connectivity index (χ0v) is 8.69. The number of carbonyl (C=O) groups is 1. The van der Waals surface area contributed by atoms with E-state index in [1.807, 2.05) is 13.8 Å². The van der Waals surface area contributed by atoms with Crippen LogP contribution in [0.4, 0.5) is 4.79 Å². The van der Waals surface area contributed by atoms with Crippen molar-refractivity contribution in [1.29, 1.82) is 0 Å². The molecular formula is C9H18N2O3. The Labute approximate surface area is 84.0 Å². The normalized spacial score (nSPS) is 25.7. The Hall–Kier alpha value is -0.810. The highest BCUT2D eigenvalue weighted by molar-refractivity contribution is 5.64. The summed E-state index contributed by atoms with van der Waals surface area (Å²) in [5, 5.41) is 11.0. The summed E-state index contributed by atoms with van der Waals surface area (Å²) in [5.41, 5.74) is 0. The summed E-state index contributed by atoms with van der Waals surface area (Å²) in [4.78, 5) is 12.6. The fraction of sp³-hybridized carbons (Fsp3) is 0.889. The van der Waals surface area contributed by atoms with E-state index in [0.717, 1.165) is 26.2 Å². The lowest BCUT2D eigenvalue weighted by molar-refractivity contribution is -0.0202. The molecule has 1 amide bonds. The van der Waals surface area contributed by atoms with Gasteiger partial charge in [0.1, 0.15) is 0 Å². The van der Waals surface area contributed by atoms with Gasteiger partial charge in [0.2, 0.25) is 0 Å². The van der Waals surface area contributed by atoms with E-state index in [1.54, 1.807) is 0 Å². The monoisotopic (exact) mass is 202 g/mol. The Balaban J connectivity index is 2.25. The van der Waals surface area contributed by atoms with Gasteiger partial charge in [-0.15, -0.1) is 0 Å². The maximum Gasteiger partial charge on any atom is 0.404 e. The number of ether oxygens (including phenoxy) is 1. The number of hydrogen-bond acceptors (Lipinski definition) is 3. The van der Waals surface area contributed by atoms with Crippen molar-refractivity contribution < 1.29 is 14.6 Å². The molecule has 1 rings (SSSR count). The van der Waals surface area contributed by atoms with E-state index >= 15 is 0 Å². The van der Waals surface area contributed by atoms with Crippen molar-refractivity contribution in [1.82, 2.24) is 10.2 Å². The van der Waals surface area contributed by atoms with Gasteiger partial charge in [-0.1, -0.05) is 0 Å². The summed E-state index contributed by atoms with van der Waals surface area (Å²) < 4.78 is 5.39. The third kappa shape index (κ3) is 3.93. The quantitative estimate of drug-likeness (QED) is 0.694. The molecule has 2 N–H and O–H groups in total. The second kappa shape index (κ2) is 5.17. The van der Waals surface area contributed by atoms with Crippen LogP contribution in [-0.4, -0.2) is 54.5 Å². The molecule has 2 atom stereocenters. The van der Waals surface area contributed by atoms with Crippen molar-refractivity contribution >= 4 is 6.09 Å². The first-order chi connectivity index (χ1) is 6.58. The molecule has 0 saturated carbocycles. The minimum atomic E-state index is -0.959. The van der Waals surface area contributed by atoms with Gasteiger partial charge in [0, 0.05) is 25.7 Å². The van der Waals surface area contributed by atoms with E-state index in [9.17, 15) is 4.79 Å². The van der Waals surface area contributed by atoms with Crippen LogP contribution in [0.5, 0.6) is 0 Å². The maximum atomic E-state index is 10.4. The highest BCUT2D eigenvalue weighted by Crippen LogP contribution is 2.04. The fourth-order valence-electron chi connectivity index (χ4n) is 1.70. The molecule has 1 heterocycles. The maximum absolute atomic E-state index is 10.4. The average molecular weight is 202 g/mol. The number of rotatable bonds is 3. The minimum Gasteiger partial charge on any atom is -0.465 e. The molecule has 14 heavy (non-hydrogen) atoms. The van der Waals surface area contributed by atoms with E-state index in [0.29, 0.717) is 0 Å². The summed E-state index contributed by atoms with van der Waals surface area (Å²) in [6.07, 6.45) is -0.709. The van der Waals surface area contributed by atoms with E-state index in [-0.39, 0.29) is 12.1 Å². The number of amides is 1. The Morgan fingerprint density at radius 3 is 3.07 bits per heavy atom. The first kappa shape index (κ1) is 11.3. The summed E-state index contributed by atoms with van der Waals surface area (Å²) in [6.45, 7) is 7.15. The number of carboxylic acid groups (broad SMARTS) is 1. The van der Waals surface area contributed by atoms with E-state index in [1.165, 1.54) is 0 Å². The molecule has 82 valence electrons. The third-order valence-electron chi connectivity index (χ3n) is 2.23. The van der Waals surface area contributed by atoms with Crippen LogP contribution < -0.4 is 5.32 Å². The molecule has 1 fully saturated rings. The predicted molar refractivity (Wildman–Crippen MR) is 52.5 cm³/mol. The van der Waals surface area contributed by atoms with Crippen molar-refractivity contribution in [3.8, 4) is 0 Å². The molecule has 1 aliphatic heterocycles. The van der Waals surface area contributed by atoms with Crippen LogP contribution in [0.25, 0.3) is 0 Å². The molecular weight excluding hydrogens is 184 g/mol. The van der Waals surface area contributed by atoms with E-state index in [4.69, 9.17) is 9.84 Å². The molecule has 5 nitrogen and oxygen atoms in total. The zero-order valence-electron chi connectivity index (χ0n) is 8.69. The van der Waals surface area contributed by atoms with Crippen LogP contribution in [0.1, 0.15) is 13.8 Å². The summed E-state index contributed by atoms with van der Waals surface area (Å²) in [5.74, 6) is 0. The summed E-state index contributed by atoms with van der Waals surface area (Å²) in [6, 6.07) is -0.0298. The van der Waals surface area contributed by atoms with E-state index < -0.39 is 6.09 Å². The van der Waals surface area contributed by atoms with E-state index in [2.05, 4.69) is 10.2 Å². The first-order valence-electron chi connectivity index (χ1n) is 4.91. The number of nitrogens with zero attached hydrogens (tertiary/aromatic N) is 1. The first-order valence-corrected chi connectivity index (χ1v) is 4.91. The average Bonchev–Trinajstić information content (AvgIpc) is 2.01. The lowest BCUT2D eigenvalue weighted by Crippen LogP contribution is -2.47. The predicted octanol–water partition coefficient (Wildman–Crippen LogP) is 0.363. The molecule has 0 aliphatic carbocycles. The second-order valence-corrected chi connectivity index (χ2v) is 3.79. The molecule has 0 aromatic carbocycles. The fourth-order valence-corrected chi connectivity index (χ4v) is 1.70. The second-order valence-electron chi connectivity index (χ2n) is 3.79. The number of hydrogen-bond donors (Lipinski definition) is 2. The highest BCUT2D eigenvalue weighted by atomic mass is 16.5. The van der Waals surface area contributed by atoms with Crippen LogP contribution in [-0.2, 0) is 4.74 Å². The van der Waals surface area contributed by atoms with Gasteiger partial charge in [-0.05, 0) is 13.8 Å². The summed E-state index contributed by atoms with van der Waals surface area (Å²) >= 11 is 0. The van der Waals surface area contributed by atoms with Gasteiger partial charge in [0.15, 0.2) is 0 Å². The zero-order chi connectivity index (χ0) is 10.6. The van der Waals surface area contributed by atoms with Crippen molar-refractivity contribution in [3.63, 3.8) is 0 Å². The number of morpholine rings is 1. The van der Waals surface area contributed by atoms with Gasteiger partial charge in [-0.3, -0.25) is 4.90 Å². The lowest BCUT2D eigenvalue weighted by atomic mass is 10.2. The molecule has 0 radical (unpaired) electrons. The van der Waals surface area contributed by atoms with Gasteiger partial charge >= 0.3 is 6.09 Å². The van der Waals surface area contributed by atoms with Gasteiger partial charge < -0.3 is 15.2 Å². The molecule has 2 unspecified atom stereocenters. The Morgan fingerprint density at radius 2 is 2.50 bits per heavy atom. The Kier molecular flexibility index (Phi) is 4.16. The smallest absolute Gasteiger partial charge is 0.404 e. The van der Waals surface area contributed by atoms with Crippen LogP contribution in [0.15, 0.2) is 0 Å². The molecule has 0 aromatic heterocycles. The molecule has 0 spiro atoms. The third-order valence-corrected chi connectivity index (χ3v) is 2.23. The molecule has 0 aromatic rings. The van der Waals surface area contributed by atoms with Crippen molar-refractivity contribution in [2.24, 2.45) is 0 Å². The number of nitrogens with one attached hydrogen (secondary N) is 1. The topological polar surface area (TPSA) is 61.8 Å². The SMILES string of the molecule is CC(CN1CCOC(C)C1)NC(=O)O. The minimum absolute atomic E-state index is 0.0298. The van der Waals surface area contributed by atoms with Gasteiger partial charge in [0.25, 0.3) is 0 Å². The standard InChI is InChI=1S/C9H18N2O3/c1-7(10-9(12)13)5-11-3-4-14-8(2)6-11/h7-8,10H,3-6H2,1-2H3,(H,12,13). The largest absolute Gasteiger partial charge is 0.465 e. The van der Waals surface area contributed by atoms with Crippen molar-refractivity contribution in [2.45, 2.75) is 26.0 Å². The molecule has 1 aliphatic rings. The van der Waals surface area contributed by atoms with Crippen LogP contribution in [0.2, 0.25) is 0 Å². The van der Waals surface area contributed by atoms with Crippen LogP contribution >= 0.6 is 0 Å². The van der Waals surface area contributed by atoms with Crippen molar-refractivity contribution in [2.75, 3.05) is 26.2 Å².